The zero-order valence-corrected chi connectivity index (χ0v) is 13.4. The molecule has 0 saturated heterocycles. The lowest BCUT2D eigenvalue weighted by atomic mass is 10.1. The number of imidazole rings is 1. The van der Waals surface area contributed by atoms with Crippen LogP contribution in [0.15, 0.2) is 9.59 Å². The highest BCUT2D eigenvalue weighted by molar-refractivity contribution is 5.74. The van der Waals surface area contributed by atoms with Crippen molar-refractivity contribution >= 4 is 17.1 Å². The number of anilines is 1. The third kappa shape index (κ3) is 3.22. The number of aliphatic hydroxyl groups is 1. The molecule has 0 fully saturated rings. The Kier molecular flexibility index (Phi) is 4.70. The minimum Gasteiger partial charge on any atom is -0.392 e. The van der Waals surface area contributed by atoms with Gasteiger partial charge in [0.15, 0.2) is 11.2 Å². The third-order valence-electron chi connectivity index (χ3n) is 3.46. The van der Waals surface area contributed by atoms with Gasteiger partial charge < -0.3 is 15.0 Å². The summed E-state index contributed by atoms with van der Waals surface area (Å²) in [5, 5.41) is 12.9. The number of aromatic nitrogens is 4. The van der Waals surface area contributed by atoms with E-state index in [0.717, 1.165) is 6.42 Å². The molecule has 0 aliphatic rings. The Balaban J connectivity index is 2.54. The summed E-state index contributed by atoms with van der Waals surface area (Å²) < 4.78 is 2.92. The van der Waals surface area contributed by atoms with Crippen molar-refractivity contribution in [1.82, 2.24) is 19.1 Å². The molecule has 0 aliphatic heterocycles. The number of nitrogens with zero attached hydrogens (tertiary/aromatic N) is 3. The first-order valence-electron chi connectivity index (χ1n) is 7.42. The highest BCUT2D eigenvalue weighted by Gasteiger charge is 2.18. The standard InChI is InChI=1S/C14H23N5O3/c1-8(2)5-6-15-13-16-11-10(19(13)7-9(3)20)12(21)17-14(22)18(11)4/h8-9,20H,5-7H2,1-4H3,(H,15,16)(H,17,21,22)/t9-/m0/s1. The molecule has 2 heterocycles. The summed E-state index contributed by atoms with van der Waals surface area (Å²) in [4.78, 5) is 30.4. The predicted molar refractivity (Wildman–Crippen MR) is 85.2 cm³/mol. The zero-order chi connectivity index (χ0) is 16.4. The van der Waals surface area contributed by atoms with Crippen molar-refractivity contribution in [3.8, 4) is 0 Å². The fourth-order valence-electron chi connectivity index (χ4n) is 2.28. The third-order valence-corrected chi connectivity index (χ3v) is 3.46. The number of aliphatic hydroxyl groups excluding tert-OH is 1. The molecule has 8 heteroatoms. The van der Waals surface area contributed by atoms with Gasteiger partial charge in [-0.2, -0.15) is 4.98 Å². The largest absolute Gasteiger partial charge is 0.392 e. The summed E-state index contributed by atoms with van der Waals surface area (Å²) in [7, 11) is 1.55. The molecule has 2 aromatic rings. The maximum Gasteiger partial charge on any atom is 0.329 e. The van der Waals surface area contributed by atoms with Gasteiger partial charge in [0, 0.05) is 13.6 Å². The minimum atomic E-state index is -0.639. The van der Waals surface area contributed by atoms with Gasteiger partial charge in [0.1, 0.15) is 0 Å². The Hall–Kier alpha value is -2.09. The van der Waals surface area contributed by atoms with Gasteiger partial charge in [-0.1, -0.05) is 13.8 Å². The second-order valence-electron chi connectivity index (χ2n) is 5.99. The van der Waals surface area contributed by atoms with Gasteiger partial charge in [-0.15, -0.1) is 0 Å². The van der Waals surface area contributed by atoms with Crippen molar-refractivity contribution in [1.29, 1.82) is 0 Å². The SMILES string of the molecule is CC(C)CCNc1nc2c(c(=O)[nH]c(=O)n2C)n1C[C@H](C)O. The lowest BCUT2D eigenvalue weighted by molar-refractivity contribution is 0.175. The maximum absolute atomic E-state index is 12.1. The Bertz CT molecular complexity index is 769. The number of rotatable bonds is 6. The van der Waals surface area contributed by atoms with Crippen LogP contribution in [0.3, 0.4) is 0 Å². The normalized spacial score (nSPS) is 13.0. The summed E-state index contributed by atoms with van der Waals surface area (Å²) in [6.07, 6.45) is 0.312. The second kappa shape index (κ2) is 6.35. The molecular weight excluding hydrogens is 286 g/mol. The van der Waals surface area contributed by atoms with Crippen LogP contribution in [0, 0.1) is 5.92 Å². The van der Waals surface area contributed by atoms with Crippen molar-refractivity contribution in [3.05, 3.63) is 20.8 Å². The van der Waals surface area contributed by atoms with E-state index in [0.29, 0.717) is 24.1 Å². The van der Waals surface area contributed by atoms with E-state index in [1.54, 1.807) is 18.5 Å². The maximum atomic E-state index is 12.1. The van der Waals surface area contributed by atoms with E-state index in [-0.39, 0.29) is 12.1 Å². The zero-order valence-electron chi connectivity index (χ0n) is 13.4. The minimum absolute atomic E-state index is 0.224. The van der Waals surface area contributed by atoms with E-state index in [1.807, 2.05) is 0 Å². The molecule has 2 rings (SSSR count). The number of fused-ring (bicyclic) bond motifs is 1. The van der Waals surface area contributed by atoms with Gasteiger partial charge in [-0.05, 0) is 19.3 Å². The van der Waals surface area contributed by atoms with E-state index >= 15 is 0 Å². The fourth-order valence-corrected chi connectivity index (χ4v) is 2.28. The number of aromatic amines is 1. The quantitative estimate of drug-likeness (QED) is 0.710. The van der Waals surface area contributed by atoms with E-state index < -0.39 is 17.4 Å². The van der Waals surface area contributed by atoms with Gasteiger partial charge in [0.2, 0.25) is 5.95 Å². The first kappa shape index (κ1) is 16.3. The molecule has 2 aromatic heterocycles. The average Bonchev–Trinajstić information content (AvgIpc) is 2.74. The molecule has 0 unspecified atom stereocenters. The summed E-state index contributed by atoms with van der Waals surface area (Å²) in [6, 6.07) is 0. The lowest BCUT2D eigenvalue weighted by Gasteiger charge is -2.12. The van der Waals surface area contributed by atoms with Crippen molar-refractivity contribution in [2.45, 2.75) is 39.8 Å². The van der Waals surface area contributed by atoms with Gasteiger partial charge in [-0.3, -0.25) is 14.3 Å². The average molecular weight is 309 g/mol. The fraction of sp³-hybridized carbons (Fsp3) is 0.643. The van der Waals surface area contributed by atoms with Crippen LogP contribution in [0.1, 0.15) is 27.2 Å². The molecule has 0 aliphatic carbocycles. The number of nitrogens with one attached hydrogen (secondary N) is 2. The van der Waals surface area contributed by atoms with Crippen molar-refractivity contribution in [2.75, 3.05) is 11.9 Å². The number of aryl methyl sites for hydroxylation is 1. The Morgan fingerprint density at radius 2 is 2.00 bits per heavy atom. The van der Waals surface area contributed by atoms with Crippen LogP contribution in [0.25, 0.3) is 11.2 Å². The highest BCUT2D eigenvalue weighted by Crippen LogP contribution is 2.16. The Morgan fingerprint density at radius 3 is 2.59 bits per heavy atom. The smallest absolute Gasteiger partial charge is 0.329 e. The molecule has 0 saturated carbocycles. The first-order valence-corrected chi connectivity index (χ1v) is 7.42. The summed E-state index contributed by atoms with van der Waals surface area (Å²) >= 11 is 0. The van der Waals surface area contributed by atoms with Gasteiger partial charge in [0.05, 0.1) is 12.6 Å². The van der Waals surface area contributed by atoms with Crippen LogP contribution in [-0.2, 0) is 13.6 Å². The van der Waals surface area contributed by atoms with Gasteiger partial charge in [0.25, 0.3) is 5.56 Å². The van der Waals surface area contributed by atoms with Crippen LogP contribution in [-0.4, -0.2) is 36.9 Å². The number of hydrogen-bond donors (Lipinski definition) is 3. The molecule has 0 aromatic carbocycles. The topological polar surface area (TPSA) is 105 Å². The molecule has 22 heavy (non-hydrogen) atoms. The van der Waals surface area contributed by atoms with E-state index in [4.69, 9.17) is 0 Å². The molecule has 0 amide bonds. The number of H-pyrrole nitrogens is 1. The van der Waals surface area contributed by atoms with Crippen LogP contribution in [0.5, 0.6) is 0 Å². The molecule has 3 N–H and O–H groups in total. The van der Waals surface area contributed by atoms with Crippen LogP contribution >= 0.6 is 0 Å². The number of hydrogen-bond acceptors (Lipinski definition) is 5. The molecular formula is C14H23N5O3. The Labute approximate surface area is 127 Å². The molecule has 0 bridgehead atoms. The van der Waals surface area contributed by atoms with Gasteiger partial charge in [-0.25, -0.2) is 4.79 Å². The first-order chi connectivity index (χ1) is 10.3. The summed E-state index contributed by atoms with van der Waals surface area (Å²) in [5.74, 6) is 1.03. The molecule has 0 radical (unpaired) electrons. The van der Waals surface area contributed by atoms with Crippen LogP contribution in [0.2, 0.25) is 0 Å². The monoisotopic (exact) mass is 309 g/mol. The molecule has 1 atom stereocenters. The van der Waals surface area contributed by atoms with Crippen LogP contribution in [0.4, 0.5) is 5.95 Å². The van der Waals surface area contributed by atoms with E-state index in [2.05, 4.69) is 29.1 Å². The molecule has 0 spiro atoms. The van der Waals surface area contributed by atoms with E-state index in [1.165, 1.54) is 4.57 Å². The summed E-state index contributed by atoms with van der Waals surface area (Å²) in [6.45, 7) is 6.80. The van der Waals surface area contributed by atoms with Crippen molar-refractivity contribution < 1.29 is 5.11 Å². The second-order valence-corrected chi connectivity index (χ2v) is 5.99. The Morgan fingerprint density at radius 1 is 1.32 bits per heavy atom. The molecule has 8 nitrogen and oxygen atoms in total. The van der Waals surface area contributed by atoms with E-state index in [9.17, 15) is 14.7 Å². The molecule has 122 valence electrons. The van der Waals surface area contributed by atoms with Crippen LogP contribution < -0.4 is 16.6 Å². The van der Waals surface area contributed by atoms with Crippen molar-refractivity contribution in [2.24, 2.45) is 13.0 Å². The lowest BCUT2D eigenvalue weighted by Crippen LogP contribution is -2.29. The van der Waals surface area contributed by atoms with Gasteiger partial charge >= 0.3 is 5.69 Å². The predicted octanol–water partition coefficient (Wildman–Crippen LogP) is 0.262. The highest BCUT2D eigenvalue weighted by atomic mass is 16.3. The summed E-state index contributed by atoms with van der Waals surface area (Å²) in [5.41, 5.74) is -0.410. The van der Waals surface area contributed by atoms with Crippen molar-refractivity contribution in [3.63, 3.8) is 0 Å².